The van der Waals surface area contributed by atoms with Crippen molar-refractivity contribution in [1.82, 2.24) is 19.2 Å². The maximum Gasteiger partial charge on any atom is 0.352 e. The van der Waals surface area contributed by atoms with E-state index in [0.29, 0.717) is 17.3 Å². The summed E-state index contributed by atoms with van der Waals surface area (Å²) in [5.41, 5.74) is 1.65. The van der Waals surface area contributed by atoms with E-state index in [9.17, 15) is 14.0 Å². The van der Waals surface area contributed by atoms with Gasteiger partial charge in [-0.3, -0.25) is 4.79 Å². The molecule has 1 aliphatic rings. The minimum absolute atomic E-state index is 0.0947. The Bertz CT molecular complexity index is 1380. The molecule has 0 bridgehead atoms. The molecule has 1 atom stereocenters. The third-order valence-corrected chi connectivity index (χ3v) is 6.83. The molecule has 3 aromatic heterocycles. The number of nitrogens with zero attached hydrogens (tertiary/aromatic N) is 4. The molecule has 154 valence electrons. The van der Waals surface area contributed by atoms with Crippen LogP contribution in [-0.4, -0.2) is 25.1 Å². The van der Waals surface area contributed by atoms with Crippen LogP contribution in [0.3, 0.4) is 0 Å². The number of amides is 1. The first kappa shape index (κ1) is 19.2. The molecule has 0 aliphatic heterocycles. The average Bonchev–Trinajstić information content (AvgIpc) is 3.22. The van der Waals surface area contributed by atoms with Crippen LogP contribution in [-0.2, 0) is 24.2 Å². The number of carbonyl (C=O) groups excluding carboxylic acids is 1. The van der Waals surface area contributed by atoms with Crippen LogP contribution in [0, 0.1) is 11.7 Å². The highest BCUT2D eigenvalue weighted by Crippen LogP contribution is 2.38. The normalized spacial score (nSPS) is 16.2. The Hall–Kier alpha value is -2.78. The largest absolute Gasteiger partial charge is 0.352 e. The van der Waals surface area contributed by atoms with Crippen molar-refractivity contribution in [3.8, 4) is 0 Å². The van der Waals surface area contributed by atoms with Gasteiger partial charge in [-0.2, -0.15) is 0 Å². The predicted octanol–water partition coefficient (Wildman–Crippen LogP) is 3.66. The zero-order chi connectivity index (χ0) is 21.0. The molecule has 0 saturated heterocycles. The maximum absolute atomic E-state index is 13.3. The van der Waals surface area contributed by atoms with E-state index in [2.05, 4.69) is 22.3 Å². The summed E-state index contributed by atoms with van der Waals surface area (Å²) in [5.74, 6) is -0.408. The fourth-order valence-electron chi connectivity index (χ4n) is 3.88. The number of rotatable bonds is 3. The Labute approximate surface area is 179 Å². The van der Waals surface area contributed by atoms with Gasteiger partial charge in [-0.1, -0.05) is 18.5 Å². The molecule has 0 radical (unpaired) electrons. The SMILES string of the molecule is CC1CCc2c(sc3ncn4c(=O)n(CC(=O)Nc5ccc(F)c(Cl)c5)nc4c23)C1. The summed E-state index contributed by atoms with van der Waals surface area (Å²) in [7, 11) is 0. The van der Waals surface area contributed by atoms with Gasteiger partial charge in [0.15, 0.2) is 5.65 Å². The van der Waals surface area contributed by atoms with Gasteiger partial charge in [-0.15, -0.1) is 16.4 Å². The monoisotopic (exact) mass is 445 g/mol. The van der Waals surface area contributed by atoms with Gasteiger partial charge < -0.3 is 5.32 Å². The number of fused-ring (bicyclic) bond motifs is 5. The van der Waals surface area contributed by atoms with E-state index in [1.54, 1.807) is 11.3 Å². The van der Waals surface area contributed by atoms with Crippen molar-refractivity contribution >= 4 is 50.4 Å². The molecule has 0 spiro atoms. The van der Waals surface area contributed by atoms with Crippen LogP contribution >= 0.6 is 22.9 Å². The number of hydrogen-bond acceptors (Lipinski definition) is 5. The average molecular weight is 446 g/mol. The van der Waals surface area contributed by atoms with Crippen molar-refractivity contribution in [3.05, 3.63) is 56.3 Å². The van der Waals surface area contributed by atoms with Crippen molar-refractivity contribution in [2.45, 2.75) is 32.7 Å². The van der Waals surface area contributed by atoms with Gasteiger partial charge in [0.1, 0.15) is 23.5 Å². The topological polar surface area (TPSA) is 81.3 Å². The lowest BCUT2D eigenvalue weighted by molar-refractivity contribution is -0.117. The predicted molar refractivity (Wildman–Crippen MR) is 114 cm³/mol. The molecule has 1 aliphatic carbocycles. The summed E-state index contributed by atoms with van der Waals surface area (Å²) in [5, 5.41) is 7.86. The summed E-state index contributed by atoms with van der Waals surface area (Å²) in [6.07, 6.45) is 4.50. The number of carbonyl (C=O) groups is 1. The highest BCUT2D eigenvalue weighted by molar-refractivity contribution is 7.19. The van der Waals surface area contributed by atoms with Crippen molar-refractivity contribution in [2.75, 3.05) is 5.32 Å². The molecular formula is C20H17ClFN5O2S. The second-order valence-electron chi connectivity index (χ2n) is 7.59. The second-order valence-corrected chi connectivity index (χ2v) is 9.08. The van der Waals surface area contributed by atoms with Crippen molar-refractivity contribution in [3.63, 3.8) is 0 Å². The van der Waals surface area contributed by atoms with Crippen LogP contribution in [0.2, 0.25) is 5.02 Å². The number of nitrogens with one attached hydrogen (secondary N) is 1. The van der Waals surface area contributed by atoms with Crippen LogP contribution in [0.15, 0.2) is 29.3 Å². The van der Waals surface area contributed by atoms with Crippen LogP contribution in [0.25, 0.3) is 15.9 Å². The Morgan fingerprint density at radius 3 is 3.07 bits per heavy atom. The number of aromatic nitrogens is 4. The van der Waals surface area contributed by atoms with Gasteiger partial charge in [-0.25, -0.2) is 23.3 Å². The highest BCUT2D eigenvalue weighted by Gasteiger charge is 2.24. The Morgan fingerprint density at radius 2 is 2.27 bits per heavy atom. The van der Waals surface area contributed by atoms with E-state index in [4.69, 9.17) is 11.6 Å². The van der Waals surface area contributed by atoms with Gasteiger partial charge in [-0.05, 0) is 48.9 Å². The zero-order valence-corrected chi connectivity index (χ0v) is 17.6. The maximum atomic E-state index is 13.3. The van der Waals surface area contributed by atoms with E-state index in [1.165, 1.54) is 33.3 Å². The molecule has 0 fully saturated rings. The first-order valence-electron chi connectivity index (χ1n) is 9.54. The van der Waals surface area contributed by atoms with Gasteiger partial charge in [0.2, 0.25) is 5.91 Å². The van der Waals surface area contributed by atoms with Crippen LogP contribution in [0.1, 0.15) is 23.8 Å². The summed E-state index contributed by atoms with van der Waals surface area (Å²) >= 11 is 7.40. The lowest BCUT2D eigenvalue weighted by Gasteiger charge is -2.17. The van der Waals surface area contributed by atoms with Crippen LogP contribution in [0.5, 0.6) is 0 Å². The van der Waals surface area contributed by atoms with Gasteiger partial charge in [0, 0.05) is 10.6 Å². The molecule has 1 unspecified atom stereocenters. The summed E-state index contributed by atoms with van der Waals surface area (Å²) in [4.78, 5) is 31.8. The molecule has 10 heteroatoms. The molecule has 30 heavy (non-hydrogen) atoms. The molecule has 5 rings (SSSR count). The van der Waals surface area contributed by atoms with E-state index < -0.39 is 17.4 Å². The standard InChI is InChI=1S/C20H17ClFN5O2S/c1-10-2-4-12-15(6-10)30-19-17(12)18-25-27(20(29)26(18)9-23-19)8-16(28)24-11-3-5-14(22)13(21)7-11/h3,5,7,9-10H,2,4,6,8H2,1H3,(H,24,28). The van der Waals surface area contributed by atoms with E-state index in [1.807, 2.05) is 0 Å². The molecule has 1 N–H and O–H groups in total. The third kappa shape index (κ3) is 3.18. The molecule has 1 aromatic carbocycles. The Kier molecular flexibility index (Phi) is 4.59. The number of benzene rings is 1. The van der Waals surface area contributed by atoms with Crippen molar-refractivity contribution in [1.29, 1.82) is 0 Å². The lowest BCUT2D eigenvalue weighted by atomic mass is 9.89. The number of anilines is 1. The van der Waals surface area contributed by atoms with Gasteiger partial charge in [0.05, 0.1) is 10.4 Å². The molecular weight excluding hydrogens is 429 g/mol. The summed E-state index contributed by atoms with van der Waals surface area (Å²) in [6.45, 7) is 1.96. The molecule has 1 amide bonds. The number of hydrogen-bond donors (Lipinski definition) is 1. The minimum Gasteiger partial charge on any atom is -0.324 e. The highest BCUT2D eigenvalue weighted by atomic mass is 35.5. The molecule has 3 heterocycles. The number of aryl methyl sites for hydroxylation is 1. The number of thiophene rings is 1. The smallest absolute Gasteiger partial charge is 0.324 e. The fourth-order valence-corrected chi connectivity index (χ4v) is 5.40. The number of halogens is 2. The van der Waals surface area contributed by atoms with Crippen molar-refractivity contribution in [2.24, 2.45) is 5.92 Å². The lowest BCUT2D eigenvalue weighted by Crippen LogP contribution is -2.28. The zero-order valence-electron chi connectivity index (χ0n) is 16.0. The van der Waals surface area contributed by atoms with Gasteiger partial charge >= 0.3 is 5.69 Å². The first-order valence-corrected chi connectivity index (χ1v) is 10.7. The minimum atomic E-state index is -0.573. The summed E-state index contributed by atoms with van der Waals surface area (Å²) in [6, 6.07) is 3.88. The molecule has 7 nitrogen and oxygen atoms in total. The quantitative estimate of drug-likeness (QED) is 0.521. The fraction of sp³-hybridized carbons (Fsp3) is 0.300. The Morgan fingerprint density at radius 1 is 1.43 bits per heavy atom. The molecule has 0 saturated carbocycles. The van der Waals surface area contributed by atoms with E-state index >= 15 is 0 Å². The third-order valence-electron chi connectivity index (χ3n) is 5.37. The van der Waals surface area contributed by atoms with Gasteiger partial charge in [0.25, 0.3) is 0 Å². The summed E-state index contributed by atoms with van der Waals surface area (Å²) < 4.78 is 15.8. The molecule has 4 aromatic rings. The van der Waals surface area contributed by atoms with Crippen LogP contribution < -0.4 is 11.0 Å². The second kappa shape index (κ2) is 7.17. The Balaban J connectivity index is 1.50. The van der Waals surface area contributed by atoms with Crippen LogP contribution in [0.4, 0.5) is 10.1 Å². The van der Waals surface area contributed by atoms with E-state index in [-0.39, 0.29) is 11.6 Å². The first-order chi connectivity index (χ1) is 14.4. The van der Waals surface area contributed by atoms with Crippen molar-refractivity contribution < 1.29 is 9.18 Å². The van der Waals surface area contributed by atoms with E-state index in [0.717, 1.165) is 40.2 Å².